The fourth-order valence-corrected chi connectivity index (χ4v) is 1.32. The maximum Gasteiger partial charge on any atom is 0.147 e. The number of nitrogen functional groups attached to an aromatic ring is 1. The Balaban J connectivity index is 2.79. The van der Waals surface area contributed by atoms with Crippen LogP contribution in [0, 0.1) is 6.92 Å². The highest BCUT2D eigenvalue weighted by Crippen LogP contribution is 2.13. The molecule has 1 aromatic carbocycles. The lowest BCUT2D eigenvalue weighted by atomic mass is 10.1. The molecule has 0 heterocycles. The third-order valence-corrected chi connectivity index (χ3v) is 2.51. The Hall–Kier alpha value is -0.830. The van der Waals surface area contributed by atoms with E-state index >= 15 is 0 Å². The monoisotopic (exact) mass is 241 g/mol. The molecule has 1 rings (SSSR count). The van der Waals surface area contributed by atoms with E-state index in [4.69, 9.17) is 5.73 Å². The Bertz CT molecular complexity index is 323. The zero-order valence-corrected chi connectivity index (χ0v) is 9.10. The minimum atomic E-state index is 0.184. The smallest absolute Gasteiger partial charge is 0.147 e. The number of alkyl halides is 1. The average Bonchev–Trinajstić information content (AvgIpc) is 2.11. The highest BCUT2D eigenvalue weighted by molar-refractivity contribution is 9.09. The predicted molar refractivity (Wildman–Crippen MR) is 58.1 cm³/mol. The van der Waals surface area contributed by atoms with Gasteiger partial charge in [-0.25, -0.2) is 0 Å². The van der Waals surface area contributed by atoms with E-state index in [1.807, 2.05) is 25.1 Å². The van der Waals surface area contributed by atoms with Gasteiger partial charge in [0.05, 0.1) is 5.33 Å². The molecular formula is C10H12BrNO. The van der Waals surface area contributed by atoms with Gasteiger partial charge in [0, 0.05) is 12.1 Å². The van der Waals surface area contributed by atoms with Gasteiger partial charge >= 0.3 is 0 Å². The summed E-state index contributed by atoms with van der Waals surface area (Å²) in [5.74, 6) is 0.184. The summed E-state index contributed by atoms with van der Waals surface area (Å²) in [7, 11) is 0. The lowest BCUT2D eigenvalue weighted by molar-refractivity contribution is -0.115. The minimum Gasteiger partial charge on any atom is -0.399 e. The van der Waals surface area contributed by atoms with Crippen molar-refractivity contribution in [2.75, 3.05) is 11.1 Å². The van der Waals surface area contributed by atoms with Crippen molar-refractivity contribution in [2.24, 2.45) is 0 Å². The molecule has 0 radical (unpaired) electrons. The SMILES string of the molecule is Cc1cc(CC(=O)CBr)ccc1N. The van der Waals surface area contributed by atoms with E-state index in [2.05, 4.69) is 15.9 Å². The number of hydrogen-bond acceptors (Lipinski definition) is 2. The summed E-state index contributed by atoms with van der Waals surface area (Å²) in [4.78, 5) is 11.1. The number of aryl methyl sites for hydroxylation is 1. The largest absolute Gasteiger partial charge is 0.399 e. The van der Waals surface area contributed by atoms with Crippen molar-refractivity contribution in [3.63, 3.8) is 0 Å². The molecule has 0 aliphatic heterocycles. The van der Waals surface area contributed by atoms with Gasteiger partial charge < -0.3 is 5.73 Å². The minimum absolute atomic E-state index is 0.184. The highest BCUT2D eigenvalue weighted by atomic mass is 79.9. The molecule has 0 saturated carbocycles. The van der Waals surface area contributed by atoms with E-state index in [-0.39, 0.29) is 5.78 Å². The molecule has 0 atom stereocenters. The Morgan fingerprint density at radius 2 is 2.23 bits per heavy atom. The molecule has 0 spiro atoms. The van der Waals surface area contributed by atoms with Crippen LogP contribution in [0.1, 0.15) is 11.1 Å². The number of carbonyl (C=O) groups excluding carboxylic acids is 1. The molecule has 2 nitrogen and oxygen atoms in total. The highest BCUT2D eigenvalue weighted by Gasteiger charge is 2.02. The number of hydrogen-bond donors (Lipinski definition) is 1. The molecule has 0 fully saturated rings. The number of anilines is 1. The van der Waals surface area contributed by atoms with Crippen LogP contribution in [0.15, 0.2) is 18.2 Å². The first-order valence-corrected chi connectivity index (χ1v) is 5.18. The molecule has 0 aliphatic rings. The quantitative estimate of drug-likeness (QED) is 0.651. The molecule has 0 saturated heterocycles. The molecule has 3 heteroatoms. The molecule has 0 aromatic heterocycles. The normalized spacial score (nSPS) is 10.0. The number of rotatable bonds is 3. The summed E-state index contributed by atoms with van der Waals surface area (Å²) in [6, 6.07) is 5.69. The first-order valence-electron chi connectivity index (χ1n) is 4.06. The Labute approximate surface area is 86.3 Å². The van der Waals surface area contributed by atoms with E-state index in [1.165, 1.54) is 0 Å². The number of benzene rings is 1. The van der Waals surface area contributed by atoms with Crippen LogP contribution in [0.4, 0.5) is 5.69 Å². The summed E-state index contributed by atoms with van der Waals surface area (Å²) in [6.45, 7) is 1.94. The Morgan fingerprint density at radius 1 is 1.54 bits per heavy atom. The number of halogens is 1. The van der Waals surface area contributed by atoms with Crippen LogP contribution in [0.5, 0.6) is 0 Å². The van der Waals surface area contributed by atoms with E-state index < -0.39 is 0 Å². The molecule has 0 aliphatic carbocycles. The number of Topliss-reactive ketones (excluding diaryl/α,β-unsaturated/α-hetero) is 1. The van der Waals surface area contributed by atoms with Gasteiger partial charge in [-0.3, -0.25) is 4.79 Å². The van der Waals surface area contributed by atoms with Gasteiger partial charge in [-0.1, -0.05) is 28.1 Å². The number of ketones is 1. The molecular weight excluding hydrogens is 230 g/mol. The van der Waals surface area contributed by atoms with Crippen LogP contribution in [0.25, 0.3) is 0 Å². The third kappa shape index (κ3) is 2.84. The molecule has 0 amide bonds. The fraction of sp³-hybridized carbons (Fsp3) is 0.300. The van der Waals surface area contributed by atoms with E-state index in [1.54, 1.807) is 0 Å². The number of carbonyl (C=O) groups is 1. The van der Waals surface area contributed by atoms with Crippen molar-refractivity contribution in [2.45, 2.75) is 13.3 Å². The zero-order chi connectivity index (χ0) is 9.84. The van der Waals surface area contributed by atoms with Crippen molar-refractivity contribution < 1.29 is 4.79 Å². The molecule has 0 unspecified atom stereocenters. The maximum atomic E-state index is 11.1. The summed E-state index contributed by atoms with van der Waals surface area (Å²) >= 11 is 3.13. The van der Waals surface area contributed by atoms with Crippen molar-refractivity contribution in [3.8, 4) is 0 Å². The summed E-state index contributed by atoms with van der Waals surface area (Å²) in [5, 5.41) is 0.413. The summed E-state index contributed by atoms with van der Waals surface area (Å²) < 4.78 is 0. The van der Waals surface area contributed by atoms with Crippen molar-refractivity contribution in [1.29, 1.82) is 0 Å². The fourth-order valence-electron chi connectivity index (χ4n) is 1.12. The molecule has 70 valence electrons. The van der Waals surface area contributed by atoms with Gasteiger partial charge in [-0.15, -0.1) is 0 Å². The van der Waals surface area contributed by atoms with Gasteiger partial charge in [0.15, 0.2) is 0 Å². The topological polar surface area (TPSA) is 43.1 Å². The standard InChI is InChI=1S/C10H12BrNO/c1-7-4-8(2-3-10(7)12)5-9(13)6-11/h2-4H,5-6,12H2,1H3. The first kappa shape index (κ1) is 10.3. The molecule has 0 bridgehead atoms. The third-order valence-electron chi connectivity index (χ3n) is 1.88. The lowest BCUT2D eigenvalue weighted by Crippen LogP contribution is -2.04. The molecule has 13 heavy (non-hydrogen) atoms. The molecule has 2 N–H and O–H groups in total. The zero-order valence-electron chi connectivity index (χ0n) is 7.51. The maximum absolute atomic E-state index is 11.1. The van der Waals surface area contributed by atoms with E-state index in [9.17, 15) is 4.79 Å². The van der Waals surface area contributed by atoms with Crippen molar-refractivity contribution in [1.82, 2.24) is 0 Å². The predicted octanol–water partition coefficient (Wildman–Crippen LogP) is 2.08. The Kier molecular flexibility index (Phi) is 3.48. The summed E-state index contributed by atoms with van der Waals surface area (Å²) in [6.07, 6.45) is 0.479. The Morgan fingerprint density at radius 3 is 2.77 bits per heavy atom. The second-order valence-corrected chi connectivity index (χ2v) is 3.60. The average molecular weight is 242 g/mol. The van der Waals surface area contributed by atoms with Gasteiger partial charge in [0.1, 0.15) is 5.78 Å². The van der Waals surface area contributed by atoms with Crippen molar-refractivity contribution in [3.05, 3.63) is 29.3 Å². The van der Waals surface area contributed by atoms with Crippen LogP contribution >= 0.6 is 15.9 Å². The second-order valence-electron chi connectivity index (χ2n) is 3.04. The van der Waals surface area contributed by atoms with Crippen LogP contribution in [0.3, 0.4) is 0 Å². The first-order chi connectivity index (χ1) is 6.13. The summed E-state index contributed by atoms with van der Waals surface area (Å²) in [5.41, 5.74) is 8.48. The van der Waals surface area contributed by atoms with Crippen molar-refractivity contribution >= 4 is 27.4 Å². The van der Waals surface area contributed by atoms with Gasteiger partial charge in [0.25, 0.3) is 0 Å². The number of nitrogens with two attached hydrogens (primary N) is 1. The van der Waals surface area contributed by atoms with Crippen LogP contribution in [-0.2, 0) is 11.2 Å². The lowest BCUT2D eigenvalue weighted by Gasteiger charge is -2.03. The van der Waals surface area contributed by atoms with Gasteiger partial charge in [-0.05, 0) is 24.1 Å². The van der Waals surface area contributed by atoms with Gasteiger partial charge in [0.2, 0.25) is 0 Å². The van der Waals surface area contributed by atoms with Crippen LogP contribution < -0.4 is 5.73 Å². The van der Waals surface area contributed by atoms with Crippen LogP contribution in [-0.4, -0.2) is 11.1 Å². The molecule has 1 aromatic rings. The van der Waals surface area contributed by atoms with Gasteiger partial charge in [-0.2, -0.15) is 0 Å². The van der Waals surface area contributed by atoms with E-state index in [0.717, 1.165) is 16.8 Å². The van der Waals surface area contributed by atoms with E-state index in [0.29, 0.717) is 11.8 Å². The second kappa shape index (κ2) is 4.42. The van der Waals surface area contributed by atoms with Crippen LogP contribution in [0.2, 0.25) is 0 Å².